The van der Waals surface area contributed by atoms with Crippen LogP contribution in [0.4, 0.5) is 0 Å². The van der Waals surface area contributed by atoms with Crippen LogP contribution < -0.4 is 0 Å². The van der Waals surface area contributed by atoms with Crippen LogP contribution in [0.15, 0.2) is 24.3 Å². The summed E-state index contributed by atoms with van der Waals surface area (Å²) in [5.41, 5.74) is -0.122. The van der Waals surface area contributed by atoms with Crippen LogP contribution in [-0.4, -0.2) is 40.8 Å². The summed E-state index contributed by atoms with van der Waals surface area (Å²) in [6.07, 6.45) is 18.2. The van der Waals surface area contributed by atoms with Gasteiger partial charge >= 0.3 is 17.9 Å². The molecule has 1 atom stereocenters. The summed E-state index contributed by atoms with van der Waals surface area (Å²) in [5.74, 6) is 2.88. The van der Waals surface area contributed by atoms with Crippen molar-refractivity contribution in [3.63, 3.8) is 0 Å². The smallest absolute Gasteiger partial charge is 0.344 e. The number of hydrogen-bond acceptors (Lipinski definition) is 7. The van der Waals surface area contributed by atoms with Crippen molar-refractivity contribution in [1.29, 1.82) is 0 Å². The SMILES string of the molecule is CCC(C)(C)C(=O)OCC(=O)OC1(C)C2CC3CC(C2)CC1C3.CCC(C)c1ccc(O)cc1.CCC1(OC(=O)C(C)(C)CC)CCCCCCC1. The maximum atomic E-state index is 12.3. The van der Waals surface area contributed by atoms with Gasteiger partial charge in [-0.1, -0.05) is 66.0 Å². The second-order valence-corrected chi connectivity index (χ2v) is 18.1. The lowest BCUT2D eigenvalue weighted by molar-refractivity contribution is -0.208. The molecule has 1 aromatic carbocycles. The Morgan fingerprint density at radius 3 is 1.69 bits per heavy atom. The second-order valence-electron chi connectivity index (χ2n) is 18.1. The summed E-state index contributed by atoms with van der Waals surface area (Å²) < 4.78 is 17.1. The van der Waals surface area contributed by atoms with Crippen LogP contribution in [0.2, 0.25) is 0 Å². The highest BCUT2D eigenvalue weighted by Crippen LogP contribution is 2.59. The lowest BCUT2D eigenvalue weighted by Crippen LogP contribution is -2.58. The summed E-state index contributed by atoms with van der Waals surface area (Å²) >= 11 is 0. The fraction of sp³-hybridized carbons (Fsp3) is 0.800. The van der Waals surface area contributed by atoms with Crippen molar-refractivity contribution in [2.45, 2.75) is 189 Å². The molecule has 0 aliphatic heterocycles. The van der Waals surface area contributed by atoms with Crippen molar-refractivity contribution in [3.8, 4) is 5.75 Å². The van der Waals surface area contributed by atoms with Crippen molar-refractivity contribution in [1.82, 2.24) is 0 Å². The molecule has 296 valence electrons. The summed E-state index contributed by atoms with van der Waals surface area (Å²) in [6.45, 7) is 20.0. The van der Waals surface area contributed by atoms with Gasteiger partial charge in [0.25, 0.3) is 0 Å². The third kappa shape index (κ3) is 11.7. The van der Waals surface area contributed by atoms with Crippen molar-refractivity contribution >= 4 is 17.9 Å². The number of carbonyl (C=O) groups excluding carboxylic acids is 3. The number of ether oxygens (including phenoxy) is 3. The molecule has 0 radical (unpaired) electrons. The molecule has 5 saturated carbocycles. The maximum Gasteiger partial charge on any atom is 0.344 e. The zero-order valence-electron chi connectivity index (χ0n) is 34.6. The predicted molar refractivity (Wildman–Crippen MR) is 209 cm³/mol. The van der Waals surface area contributed by atoms with Gasteiger partial charge in [-0.05, 0) is 165 Å². The molecule has 4 bridgehead atoms. The Balaban J connectivity index is 0.000000224. The van der Waals surface area contributed by atoms with E-state index in [-0.39, 0.29) is 41.1 Å². The summed E-state index contributed by atoms with van der Waals surface area (Å²) in [5, 5.41) is 9.01. The van der Waals surface area contributed by atoms with Crippen LogP contribution in [0.5, 0.6) is 5.75 Å². The molecule has 5 aliphatic carbocycles. The van der Waals surface area contributed by atoms with E-state index in [1.165, 1.54) is 69.8 Å². The standard InChI is InChI=1S/C19H30O4.C16H30O2.C10H14O/c1-5-18(2,3)17(21)22-11-16(20)23-19(4)14-7-12-6-13(9-14)10-15(19)8-12;1-5-15(3,4)14(17)18-16(6-2)12-10-8-7-9-11-13-16;1-3-8(2)9-4-6-10(11)7-5-9/h12-15H,5-11H2,1-4H3;5-13H2,1-4H3;4-8,11H,3H2,1-2H3. The van der Waals surface area contributed by atoms with Crippen molar-refractivity contribution < 1.29 is 33.7 Å². The van der Waals surface area contributed by atoms with Gasteiger partial charge in [-0.2, -0.15) is 0 Å². The quantitative estimate of drug-likeness (QED) is 0.179. The number of phenolic OH excluding ortho intramolecular Hbond substituents is 1. The van der Waals surface area contributed by atoms with E-state index in [1.807, 2.05) is 46.8 Å². The first-order valence-electron chi connectivity index (χ1n) is 20.9. The van der Waals surface area contributed by atoms with Gasteiger partial charge in [0.15, 0.2) is 6.61 Å². The van der Waals surface area contributed by atoms with Gasteiger partial charge in [0.05, 0.1) is 10.8 Å². The molecule has 6 rings (SSSR count). The van der Waals surface area contributed by atoms with Crippen LogP contribution in [0.3, 0.4) is 0 Å². The average molecular weight is 727 g/mol. The van der Waals surface area contributed by atoms with Crippen LogP contribution in [0.25, 0.3) is 0 Å². The molecule has 7 nitrogen and oxygen atoms in total. The summed E-state index contributed by atoms with van der Waals surface area (Å²) in [7, 11) is 0. The molecule has 5 fully saturated rings. The van der Waals surface area contributed by atoms with E-state index in [1.54, 1.807) is 12.1 Å². The molecule has 1 N–H and O–H groups in total. The van der Waals surface area contributed by atoms with E-state index in [9.17, 15) is 14.4 Å². The number of hydrogen-bond donors (Lipinski definition) is 1. The number of esters is 3. The zero-order chi connectivity index (χ0) is 38.7. The van der Waals surface area contributed by atoms with Crippen molar-refractivity contribution in [2.24, 2.45) is 34.5 Å². The van der Waals surface area contributed by atoms with E-state index in [2.05, 4.69) is 34.6 Å². The van der Waals surface area contributed by atoms with Crippen LogP contribution >= 0.6 is 0 Å². The summed E-state index contributed by atoms with van der Waals surface area (Å²) in [6, 6.07) is 7.43. The molecule has 52 heavy (non-hydrogen) atoms. The first-order valence-corrected chi connectivity index (χ1v) is 20.9. The third-order valence-corrected chi connectivity index (χ3v) is 13.6. The van der Waals surface area contributed by atoms with E-state index >= 15 is 0 Å². The topological polar surface area (TPSA) is 99.1 Å². The molecule has 0 heterocycles. The van der Waals surface area contributed by atoms with Crippen LogP contribution in [0.1, 0.15) is 183 Å². The lowest BCUT2D eigenvalue weighted by Gasteiger charge is -2.59. The minimum absolute atomic E-state index is 0.00702. The van der Waals surface area contributed by atoms with E-state index < -0.39 is 5.41 Å². The molecule has 0 aromatic heterocycles. The average Bonchev–Trinajstić information content (AvgIpc) is 3.11. The normalized spacial score (nSPS) is 27.0. The Kier molecular flexibility index (Phi) is 16.1. The van der Waals surface area contributed by atoms with E-state index in [0.29, 0.717) is 29.9 Å². The van der Waals surface area contributed by atoms with Gasteiger partial charge in [-0.25, -0.2) is 4.79 Å². The third-order valence-electron chi connectivity index (χ3n) is 13.6. The van der Waals surface area contributed by atoms with Gasteiger partial charge in [0.2, 0.25) is 0 Å². The van der Waals surface area contributed by atoms with Gasteiger partial charge in [-0.15, -0.1) is 0 Å². The highest BCUT2D eigenvalue weighted by atomic mass is 16.6. The van der Waals surface area contributed by atoms with E-state index in [4.69, 9.17) is 19.3 Å². The molecule has 1 unspecified atom stereocenters. The molecule has 0 amide bonds. The van der Waals surface area contributed by atoms with Crippen LogP contribution in [-0.2, 0) is 28.6 Å². The Morgan fingerprint density at radius 2 is 1.23 bits per heavy atom. The monoisotopic (exact) mass is 727 g/mol. The second kappa shape index (κ2) is 19.1. The van der Waals surface area contributed by atoms with Gasteiger partial charge in [0.1, 0.15) is 17.0 Å². The molecule has 0 saturated heterocycles. The van der Waals surface area contributed by atoms with Crippen LogP contribution in [0, 0.1) is 34.5 Å². The molecule has 0 spiro atoms. The molecule has 5 aliphatic rings. The maximum absolute atomic E-state index is 12.3. The number of phenols is 1. The summed E-state index contributed by atoms with van der Waals surface area (Å²) in [4.78, 5) is 36.6. The van der Waals surface area contributed by atoms with Crippen molar-refractivity contribution in [2.75, 3.05) is 6.61 Å². The Hall–Kier alpha value is -2.57. The Bertz CT molecular complexity index is 1240. The molecule has 7 heteroatoms. The highest BCUT2D eigenvalue weighted by Gasteiger charge is 2.57. The lowest BCUT2D eigenvalue weighted by atomic mass is 9.50. The molecule has 1 aromatic rings. The van der Waals surface area contributed by atoms with Gasteiger partial charge in [0, 0.05) is 0 Å². The largest absolute Gasteiger partial charge is 0.508 e. The Labute approximate surface area is 316 Å². The molecular weight excluding hydrogens is 652 g/mol. The highest BCUT2D eigenvalue weighted by molar-refractivity contribution is 5.80. The fourth-order valence-electron chi connectivity index (χ4n) is 8.62. The minimum atomic E-state index is -0.549. The number of rotatable bonds is 11. The predicted octanol–water partition coefficient (Wildman–Crippen LogP) is 11.5. The number of aromatic hydroxyl groups is 1. The number of benzene rings is 1. The molecular formula is C45H74O7. The van der Waals surface area contributed by atoms with E-state index in [0.717, 1.165) is 43.9 Å². The minimum Gasteiger partial charge on any atom is -0.508 e. The first-order chi connectivity index (χ1) is 24.4. The zero-order valence-corrected chi connectivity index (χ0v) is 34.6. The number of carbonyl (C=O) groups is 3. The Morgan fingerprint density at radius 1 is 0.750 bits per heavy atom. The van der Waals surface area contributed by atoms with Gasteiger partial charge < -0.3 is 19.3 Å². The van der Waals surface area contributed by atoms with Crippen molar-refractivity contribution in [3.05, 3.63) is 29.8 Å². The fourth-order valence-corrected chi connectivity index (χ4v) is 8.62. The first kappa shape index (κ1) is 43.8. The van der Waals surface area contributed by atoms with Gasteiger partial charge in [-0.3, -0.25) is 9.59 Å².